The maximum absolute atomic E-state index is 11.2. The lowest BCUT2D eigenvalue weighted by molar-refractivity contribution is -0.120. The van der Waals surface area contributed by atoms with Gasteiger partial charge in [-0.2, -0.15) is 0 Å². The number of hydrogen-bond acceptors (Lipinski definition) is 4. The first-order valence-corrected chi connectivity index (χ1v) is 6.03. The van der Waals surface area contributed by atoms with Crippen LogP contribution in [0.15, 0.2) is 0 Å². The van der Waals surface area contributed by atoms with Gasteiger partial charge in [0.05, 0.1) is 6.04 Å². The van der Waals surface area contributed by atoms with E-state index in [2.05, 4.69) is 9.62 Å². The Kier molecular flexibility index (Phi) is 7.93. The van der Waals surface area contributed by atoms with Crippen molar-refractivity contribution in [1.29, 1.82) is 0 Å². The monoisotopic (exact) mass is 219 g/mol. The summed E-state index contributed by atoms with van der Waals surface area (Å²) >= 11 is 1.29. The van der Waals surface area contributed by atoms with Crippen molar-refractivity contribution in [1.82, 2.24) is 9.62 Å². The summed E-state index contributed by atoms with van der Waals surface area (Å²) in [5.41, 5.74) is 5.68. The minimum atomic E-state index is -0.357. The number of unbranched alkanes of at least 4 members (excludes halogenated alkanes) is 1. The van der Waals surface area contributed by atoms with Gasteiger partial charge in [-0.25, -0.2) is 0 Å². The number of carbonyl (C=O) groups is 1. The van der Waals surface area contributed by atoms with Gasteiger partial charge >= 0.3 is 0 Å². The van der Waals surface area contributed by atoms with Crippen molar-refractivity contribution in [2.45, 2.75) is 25.3 Å². The van der Waals surface area contributed by atoms with E-state index >= 15 is 0 Å². The Hall–Kier alpha value is -0.260. The average molecular weight is 219 g/mol. The van der Waals surface area contributed by atoms with Crippen molar-refractivity contribution in [3.63, 3.8) is 0 Å². The number of amides is 1. The number of carbonyl (C=O) groups excluding carboxylic acids is 1. The molecule has 1 amide bonds. The zero-order valence-electron chi connectivity index (χ0n) is 9.25. The first kappa shape index (κ1) is 13.7. The van der Waals surface area contributed by atoms with Gasteiger partial charge < -0.3 is 10.6 Å². The number of nitrogens with two attached hydrogens (primary N) is 1. The van der Waals surface area contributed by atoms with Crippen LogP contribution in [0.1, 0.15) is 19.3 Å². The van der Waals surface area contributed by atoms with E-state index in [0.29, 0.717) is 0 Å². The van der Waals surface area contributed by atoms with Crippen LogP contribution in [-0.4, -0.2) is 43.7 Å². The summed E-state index contributed by atoms with van der Waals surface area (Å²) in [5.74, 6) is -0.0673. The van der Waals surface area contributed by atoms with Crippen molar-refractivity contribution < 1.29 is 4.79 Å². The van der Waals surface area contributed by atoms with E-state index in [1.165, 1.54) is 11.9 Å². The molecule has 5 heteroatoms. The summed E-state index contributed by atoms with van der Waals surface area (Å²) in [6.45, 7) is 1.05. The molecule has 1 unspecified atom stereocenters. The predicted octanol–water partition coefficient (Wildman–Crippen LogP) is 0.440. The molecule has 0 spiro atoms. The molecule has 0 aromatic carbocycles. The molecule has 84 valence electrons. The second kappa shape index (κ2) is 8.08. The van der Waals surface area contributed by atoms with Crippen LogP contribution >= 0.6 is 11.9 Å². The van der Waals surface area contributed by atoms with Crippen LogP contribution in [0.25, 0.3) is 0 Å². The van der Waals surface area contributed by atoms with Gasteiger partial charge in [0, 0.05) is 6.26 Å². The minimum Gasteiger partial charge on any atom is -0.320 e. The van der Waals surface area contributed by atoms with E-state index in [0.717, 1.165) is 25.8 Å². The van der Waals surface area contributed by atoms with Gasteiger partial charge in [0.15, 0.2) is 0 Å². The fourth-order valence-corrected chi connectivity index (χ4v) is 1.45. The van der Waals surface area contributed by atoms with Gasteiger partial charge in [0.25, 0.3) is 0 Å². The molecule has 3 N–H and O–H groups in total. The molecule has 0 saturated heterocycles. The molecule has 0 aromatic rings. The molecular formula is C9H21N3OS. The van der Waals surface area contributed by atoms with Crippen molar-refractivity contribution in [2.75, 3.05) is 26.9 Å². The Morgan fingerprint density at radius 1 is 1.50 bits per heavy atom. The van der Waals surface area contributed by atoms with Crippen LogP contribution in [0.4, 0.5) is 0 Å². The van der Waals surface area contributed by atoms with Gasteiger partial charge in [-0.05, 0) is 33.5 Å². The van der Waals surface area contributed by atoms with Gasteiger partial charge in [-0.15, -0.1) is 0 Å². The van der Waals surface area contributed by atoms with E-state index in [-0.39, 0.29) is 11.9 Å². The van der Waals surface area contributed by atoms with Gasteiger partial charge in [-0.1, -0.05) is 18.4 Å². The molecule has 0 rings (SSSR count). The first-order chi connectivity index (χ1) is 6.57. The van der Waals surface area contributed by atoms with Crippen molar-refractivity contribution in [3.8, 4) is 0 Å². The van der Waals surface area contributed by atoms with Crippen molar-refractivity contribution >= 4 is 17.9 Å². The maximum Gasteiger partial charge on any atom is 0.246 e. The highest BCUT2D eigenvalue weighted by molar-refractivity contribution is 7.97. The lowest BCUT2D eigenvalue weighted by Crippen LogP contribution is -2.37. The molecular weight excluding hydrogens is 198 g/mol. The van der Waals surface area contributed by atoms with Gasteiger partial charge in [0.2, 0.25) is 5.91 Å². The molecule has 14 heavy (non-hydrogen) atoms. The molecule has 0 saturated carbocycles. The lowest BCUT2D eigenvalue weighted by atomic mass is 10.1. The van der Waals surface area contributed by atoms with E-state index in [4.69, 9.17) is 5.73 Å². The predicted molar refractivity (Wildman–Crippen MR) is 62.0 cm³/mol. The van der Waals surface area contributed by atoms with Crippen LogP contribution < -0.4 is 10.5 Å². The molecule has 0 aliphatic heterocycles. The Balaban J connectivity index is 3.43. The molecule has 0 aliphatic rings. The highest BCUT2D eigenvalue weighted by Gasteiger charge is 2.11. The summed E-state index contributed by atoms with van der Waals surface area (Å²) < 4.78 is 2.64. The Labute approximate surface area is 90.7 Å². The first-order valence-electron chi connectivity index (χ1n) is 4.81. The van der Waals surface area contributed by atoms with Crippen molar-refractivity contribution in [2.24, 2.45) is 5.73 Å². The number of nitrogens with one attached hydrogen (secondary N) is 1. The Bertz CT molecular complexity index is 164. The third-order valence-electron chi connectivity index (χ3n) is 1.91. The van der Waals surface area contributed by atoms with E-state index < -0.39 is 0 Å². The van der Waals surface area contributed by atoms with Crippen LogP contribution in [0.5, 0.6) is 0 Å². The minimum absolute atomic E-state index is 0.0673. The summed E-state index contributed by atoms with van der Waals surface area (Å²) in [5, 5.41) is 0. The topological polar surface area (TPSA) is 58.4 Å². The highest BCUT2D eigenvalue weighted by atomic mass is 32.2. The van der Waals surface area contributed by atoms with E-state index in [1.54, 1.807) is 0 Å². The van der Waals surface area contributed by atoms with Crippen LogP contribution in [0, 0.1) is 0 Å². The third kappa shape index (κ3) is 7.17. The normalized spacial score (nSPS) is 12.9. The number of rotatable bonds is 7. The lowest BCUT2D eigenvalue weighted by Gasteiger charge is -2.12. The van der Waals surface area contributed by atoms with E-state index in [1.807, 2.05) is 20.4 Å². The summed E-state index contributed by atoms with van der Waals surface area (Å²) in [6, 6.07) is -0.357. The molecule has 4 nitrogen and oxygen atoms in total. The Morgan fingerprint density at radius 3 is 2.64 bits per heavy atom. The quantitative estimate of drug-likeness (QED) is 0.482. The maximum atomic E-state index is 11.2. The zero-order chi connectivity index (χ0) is 11.0. The van der Waals surface area contributed by atoms with E-state index in [9.17, 15) is 4.79 Å². The second-order valence-corrected chi connectivity index (χ2v) is 4.19. The molecule has 0 heterocycles. The largest absolute Gasteiger partial charge is 0.320 e. The highest BCUT2D eigenvalue weighted by Crippen LogP contribution is 2.00. The molecule has 1 atom stereocenters. The number of nitrogens with zero attached hydrogens (tertiary/aromatic N) is 1. The molecule has 0 radical (unpaired) electrons. The summed E-state index contributed by atoms with van der Waals surface area (Å²) in [4.78, 5) is 13.3. The average Bonchev–Trinajstić information content (AvgIpc) is 2.12. The summed E-state index contributed by atoms with van der Waals surface area (Å²) in [7, 11) is 4.08. The van der Waals surface area contributed by atoms with Crippen molar-refractivity contribution in [3.05, 3.63) is 0 Å². The van der Waals surface area contributed by atoms with Crippen LogP contribution in [0.2, 0.25) is 0 Å². The SMILES string of the molecule is CSNC(=O)C(N)CCCCN(C)C. The molecule has 0 aromatic heterocycles. The molecule has 0 fully saturated rings. The van der Waals surface area contributed by atoms with Gasteiger partial charge in [-0.3, -0.25) is 9.52 Å². The summed E-state index contributed by atoms with van der Waals surface area (Å²) in [6.07, 6.45) is 4.67. The fourth-order valence-electron chi connectivity index (χ4n) is 1.10. The fraction of sp³-hybridized carbons (Fsp3) is 0.889. The van der Waals surface area contributed by atoms with Gasteiger partial charge in [0.1, 0.15) is 0 Å². The number of hydrogen-bond donors (Lipinski definition) is 2. The second-order valence-electron chi connectivity index (χ2n) is 3.58. The zero-order valence-corrected chi connectivity index (χ0v) is 10.1. The molecule has 0 bridgehead atoms. The Morgan fingerprint density at radius 2 is 2.14 bits per heavy atom. The van der Waals surface area contributed by atoms with Crippen LogP contribution in [-0.2, 0) is 4.79 Å². The third-order valence-corrected chi connectivity index (χ3v) is 2.32. The molecule has 0 aliphatic carbocycles. The van der Waals surface area contributed by atoms with Crippen LogP contribution in [0.3, 0.4) is 0 Å². The standard InChI is InChI=1S/C9H21N3OS/c1-12(2)7-5-4-6-8(10)9(13)11-14-3/h8H,4-7,10H2,1-3H3,(H,11,13). The smallest absolute Gasteiger partial charge is 0.246 e.